The van der Waals surface area contributed by atoms with Gasteiger partial charge >= 0.3 is 5.97 Å². The van der Waals surface area contributed by atoms with Crippen LogP contribution < -0.4 is 0 Å². The maximum Gasteiger partial charge on any atom is 0.303 e. The van der Waals surface area contributed by atoms with E-state index in [4.69, 9.17) is 10.2 Å². The van der Waals surface area contributed by atoms with Crippen molar-refractivity contribution in [2.24, 2.45) is 0 Å². The maximum atomic E-state index is 10.2. The zero-order chi connectivity index (χ0) is 10.8. The Labute approximate surface area is 85.5 Å². The van der Waals surface area contributed by atoms with Crippen LogP contribution in [0.4, 0.5) is 0 Å². The Bertz CT molecular complexity index is 150. The fourth-order valence-electron chi connectivity index (χ4n) is 1.29. The average molecular weight is 203 g/mol. The molecule has 0 aromatic heterocycles. The lowest BCUT2D eigenvalue weighted by molar-refractivity contribution is -0.137. The molecule has 0 aromatic rings. The zero-order valence-electron chi connectivity index (χ0n) is 8.91. The van der Waals surface area contributed by atoms with Gasteiger partial charge in [-0.25, -0.2) is 0 Å². The van der Waals surface area contributed by atoms with E-state index in [0.29, 0.717) is 0 Å². The van der Waals surface area contributed by atoms with Gasteiger partial charge in [-0.1, -0.05) is 6.42 Å². The Balaban J connectivity index is 3.14. The summed E-state index contributed by atoms with van der Waals surface area (Å²) in [6.45, 7) is 2.14. The van der Waals surface area contributed by atoms with E-state index in [1.54, 1.807) is 0 Å². The number of carbonyl (C=O) groups is 1. The van der Waals surface area contributed by atoms with Gasteiger partial charge in [-0.15, -0.1) is 0 Å². The SMILES string of the molecule is CN(CCCO)CCCCCC(=O)O. The van der Waals surface area contributed by atoms with Crippen LogP contribution in [0.1, 0.15) is 32.1 Å². The summed E-state index contributed by atoms with van der Waals surface area (Å²) in [5, 5.41) is 17.0. The lowest BCUT2D eigenvalue weighted by atomic mass is 10.2. The van der Waals surface area contributed by atoms with E-state index >= 15 is 0 Å². The second-order valence-corrected chi connectivity index (χ2v) is 3.58. The molecule has 0 aliphatic rings. The zero-order valence-corrected chi connectivity index (χ0v) is 8.91. The summed E-state index contributed by atoms with van der Waals surface area (Å²) in [7, 11) is 2.02. The second-order valence-electron chi connectivity index (χ2n) is 3.58. The third-order valence-corrected chi connectivity index (χ3v) is 2.13. The number of unbranched alkanes of at least 4 members (excludes halogenated alkanes) is 2. The first kappa shape index (κ1) is 13.4. The average Bonchev–Trinajstić information content (AvgIpc) is 2.13. The van der Waals surface area contributed by atoms with E-state index in [1.165, 1.54) is 0 Å². The molecule has 4 nitrogen and oxygen atoms in total. The molecule has 0 heterocycles. The van der Waals surface area contributed by atoms with E-state index in [1.807, 2.05) is 7.05 Å². The Kier molecular flexibility index (Phi) is 8.57. The predicted octanol–water partition coefficient (Wildman–Crippen LogP) is 0.946. The van der Waals surface area contributed by atoms with Crippen LogP contribution in [0.3, 0.4) is 0 Å². The van der Waals surface area contributed by atoms with Crippen LogP contribution in [0.5, 0.6) is 0 Å². The molecule has 0 rings (SSSR count). The standard InChI is InChI=1S/C10H21NO3/c1-11(8-5-9-12)7-4-2-3-6-10(13)14/h12H,2-9H2,1H3,(H,13,14). The molecule has 0 aromatic carbocycles. The van der Waals surface area contributed by atoms with Crippen LogP contribution in [0.15, 0.2) is 0 Å². The van der Waals surface area contributed by atoms with E-state index in [2.05, 4.69) is 4.90 Å². The highest BCUT2D eigenvalue weighted by Gasteiger charge is 1.99. The summed E-state index contributed by atoms with van der Waals surface area (Å²) in [6.07, 6.45) is 3.86. The molecule has 14 heavy (non-hydrogen) atoms. The number of carboxylic acids is 1. The fourth-order valence-corrected chi connectivity index (χ4v) is 1.29. The van der Waals surface area contributed by atoms with Crippen LogP contribution in [-0.4, -0.2) is 47.8 Å². The lowest BCUT2D eigenvalue weighted by Crippen LogP contribution is -2.21. The quantitative estimate of drug-likeness (QED) is 0.548. The summed E-state index contributed by atoms with van der Waals surface area (Å²) in [5.74, 6) is -0.710. The van der Waals surface area contributed by atoms with Gasteiger partial charge in [0.25, 0.3) is 0 Å². The van der Waals surface area contributed by atoms with Crippen molar-refractivity contribution >= 4 is 5.97 Å². The molecule has 0 aliphatic carbocycles. The predicted molar refractivity (Wildman–Crippen MR) is 55.3 cm³/mol. The number of hydrogen-bond acceptors (Lipinski definition) is 3. The Morgan fingerprint density at radius 1 is 1.14 bits per heavy atom. The molecule has 4 heteroatoms. The number of hydrogen-bond donors (Lipinski definition) is 2. The molecule has 0 saturated heterocycles. The van der Waals surface area contributed by atoms with Crippen LogP contribution in [0, 0.1) is 0 Å². The van der Waals surface area contributed by atoms with Crippen molar-refractivity contribution < 1.29 is 15.0 Å². The largest absolute Gasteiger partial charge is 0.481 e. The highest BCUT2D eigenvalue weighted by molar-refractivity contribution is 5.66. The summed E-state index contributed by atoms with van der Waals surface area (Å²) in [4.78, 5) is 12.4. The van der Waals surface area contributed by atoms with Gasteiger partial charge in [-0.3, -0.25) is 4.79 Å². The minimum absolute atomic E-state index is 0.239. The van der Waals surface area contributed by atoms with Gasteiger partial charge in [0, 0.05) is 19.6 Å². The number of nitrogens with zero attached hydrogens (tertiary/aromatic N) is 1. The normalized spacial score (nSPS) is 10.8. The number of aliphatic hydroxyl groups is 1. The molecule has 0 aliphatic heterocycles. The number of aliphatic hydroxyl groups excluding tert-OH is 1. The van der Waals surface area contributed by atoms with E-state index in [9.17, 15) is 4.79 Å². The van der Waals surface area contributed by atoms with Gasteiger partial charge in [0.15, 0.2) is 0 Å². The van der Waals surface area contributed by atoms with Crippen LogP contribution in [0.25, 0.3) is 0 Å². The molecule has 0 spiro atoms. The first-order valence-corrected chi connectivity index (χ1v) is 5.18. The molecule has 0 radical (unpaired) electrons. The summed E-state index contributed by atoms with van der Waals surface area (Å²) in [5.41, 5.74) is 0. The Morgan fingerprint density at radius 3 is 2.36 bits per heavy atom. The first-order valence-electron chi connectivity index (χ1n) is 5.18. The fraction of sp³-hybridized carbons (Fsp3) is 0.900. The smallest absolute Gasteiger partial charge is 0.303 e. The van der Waals surface area contributed by atoms with Crippen molar-refractivity contribution in [1.29, 1.82) is 0 Å². The molecule has 0 atom stereocenters. The number of aliphatic carboxylic acids is 1. The molecule has 0 saturated carbocycles. The summed E-state index contributed by atoms with van der Waals surface area (Å²) in [6, 6.07) is 0. The Morgan fingerprint density at radius 2 is 1.79 bits per heavy atom. The highest BCUT2D eigenvalue weighted by atomic mass is 16.4. The second kappa shape index (κ2) is 8.97. The van der Waals surface area contributed by atoms with Gasteiger partial charge in [0.05, 0.1) is 0 Å². The molecule has 84 valence electrons. The molecule has 0 unspecified atom stereocenters. The lowest BCUT2D eigenvalue weighted by Gasteiger charge is -2.15. The van der Waals surface area contributed by atoms with Crippen molar-refractivity contribution in [3.8, 4) is 0 Å². The minimum atomic E-state index is -0.710. The number of rotatable bonds is 9. The van der Waals surface area contributed by atoms with E-state index in [-0.39, 0.29) is 13.0 Å². The third kappa shape index (κ3) is 9.48. The van der Waals surface area contributed by atoms with Gasteiger partial charge in [0.1, 0.15) is 0 Å². The molecule has 0 amide bonds. The molecular weight excluding hydrogens is 182 g/mol. The van der Waals surface area contributed by atoms with Crippen molar-refractivity contribution in [3.05, 3.63) is 0 Å². The van der Waals surface area contributed by atoms with Crippen LogP contribution in [0.2, 0.25) is 0 Å². The molecule has 0 bridgehead atoms. The van der Waals surface area contributed by atoms with Gasteiger partial charge in [-0.05, 0) is 32.9 Å². The van der Waals surface area contributed by atoms with Crippen molar-refractivity contribution in [3.63, 3.8) is 0 Å². The first-order chi connectivity index (χ1) is 6.66. The van der Waals surface area contributed by atoms with E-state index < -0.39 is 5.97 Å². The number of carboxylic acid groups (broad SMARTS) is 1. The van der Waals surface area contributed by atoms with E-state index in [0.717, 1.165) is 38.8 Å². The maximum absolute atomic E-state index is 10.2. The van der Waals surface area contributed by atoms with Crippen LogP contribution in [-0.2, 0) is 4.79 Å². The molecule has 0 fully saturated rings. The summed E-state index contributed by atoms with van der Waals surface area (Å²) < 4.78 is 0. The minimum Gasteiger partial charge on any atom is -0.481 e. The third-order valence-electron chi connectivity index (χ3n) is 2.13. The van der Waals surface area contributed by atoms with Gasteiger partial charge in [0.2, 0.25) is 0 Å². The van der Waals surface area contributed by atoms with Gasteiger partial charge in [-0.2, -0.15) is 0 Å². The topological polar surface area (TPSA) is 60.8 Å². The van der Waals surface area contributed by atoms with Crippen molar-refractivity contribution in [1.82, 2.24) is 4.90 Å². The van der Waals surface area contributed by atoms with Crippen molar-refractivity contribution in [2.45, 2.75) is 32.1 Å². The van der Waals surface area contributed by atoms with Gasteiger partial charge < -0.3 is 15.1 Å². The Hall–Kier alpha value is -0.610. The van der Waals surface area contributed by atoms with Crippen molar-refractivity contribution in [2.75, 3.05) is 26.7 Å². The summed E-state index contributed by atoms with van der Waals surface area (Å²) >= 11 is 0. The highest BCUT2D eigenvalue weighted by Crippen LogP contribution is 2.01. The van der Waals surface area contributed by atoms with Crippen LogP contribution >= 0.6 is 0 Å². The molecular formula is C10H21NO3. The molecule has 2 N–H and O–H groups in total. The monoisotopic (exact) mass is 203 g/mol.